The third kappa shape index (κ3) is 3.27. The van der Waals surface area contributed by atoms with Crippen LogP contribution in [0.2, 0.25) is 5.02 Å². The number of hydrogen-bond acceptors (Lipinski definition) is 7. The average molecular weight is 447 g/mol. The molecule has 32 heavy (non-hydrogen) atoms. The van der Waals surface area contributed by atoms with Gasteiger partial charge in [-0.15, -0.1) is 0 Å². The van der Waals surface area contributed by atoms with Crippen molar-refractivity contribution in [3.8, 4) is 5.69 Å². The summed E-state index contributed by atoms with van der Waals surface area (Å²) in [5.74, 6) is 1.09. The quantitative estimate of drug-likeness (QED) is 0.419. The molecule has 5 rings (SSSR count). The van der Waals surface area contributed by atoms with Gasteiger partial charge in [-0.3, -0.25) is 14.3 Å². The van der Waals surface area contributed by atoms with Crippen LogP contribution < -0.4 is 10.9 Å². The summed E-state index contributed by atoms with van der Waals surface area (Å²) in [4.78, 5) is 38.8. The highest BCUT2D eigenvalue weighted by Gasteiger charge is 2.23. The predicted molar refractivity (Wildman–Crippen MR) is 123 cm³/mol. The minimum atomic E-state index is -0.347. The monoisotopic (exact) mass is 446 g/mol. The molecular weight excluding hydrogens is 428 g/mol. The van der Waals surface area contributed by atoms with Gasteiger partial charge in [-0.05, 0) is 37.6 Å². The van der Waals surface area contributed by atoms with E-state index in [0.29, 0.717) is 56.5 Å². The van der Waals surface area contributed by atoms with Crippen LogP contribution in [0.3, 0.4) is 0 Å². The summed E-state index contributed by atoms with van der Waals surface area (Å²) in [6.45, 7) is 3.86. The fraction of sp³-hybridized carbons (Fsp3) is 0.182. The first-order valence-corrected chi connectivity index (χ1v) is 10.5. The van der Waals surface area contributed by atoms with Crippen molar-refractivity contribution in [1.29, 1.82) is 0 Å². The maximum Gasteiger partial charge on any atom is 0.267 e. The van der Waals surface area contributed by atoms with Crippen molar-refractivity contribution < 1.29 is 0 Å². The fourth-order valence-electron chi connectivity index (χ4n) is 3.77. The van der Waals surface area contributed by atoms with E-state index in [4.69, 9.17) is 16.6 Å². The summed E-state index contributed by atoms with van der Waals surface area (Å²) in [6, 6.07) is 8.56. The molecule has 0 radical (unpaired) electrons. The Morgan fingerprint density at radius 1 is 1.16 bits per heavy atom. The molecule has 0 aliphatic carbocycles. The Morgan fingerprint density at radius 3 is 2.84 bits per heavy atom. The van der Waals surface area contributed by atoms with Crippen LogP contribution in [-0.4, -0.2) is 34.5 Å². The molecule has 2 N–H and O–H groups in total. The zero-order valence-electron chi connectivity index (χ0n) is 17.4. The number of anilines is 1. The van der Waals surface area contributed by atoms with Gasteiger partial charge in [0.05, 0.1) is 39.7 Å². The summed E-state index contributed by atoms with van der Waals surface area (Å²) in [5, 5.41) is 4.13. The molecule has 0 spiro atoms. The lowest BCUT2D eigenvalue weighted by atomic mass is 10.1. The molecule has 0 unspecified atom stereocenters. The van der Waals surface area contributed by atoms with Crippen molar-refractivity contribution in [2.45, 2.75) is 26.3 Å². The average Bonchev–Trinajstić information content (AvgIpc) is 3.28. The number of pyridine rings is 1. The van der Waals surface area contributed by atoms with E-state index in [0.717, 1.165) is 0 Å². The number of imidazole rings is 1. The van der Waals surface area contributed by atoms with Gasteiger partial charge >= 0.3 is 0 Å². The third-order valence-electron chi connectivity index (χ3n) is 5.34. The van der Waals surface area contributed by atoms with Crippen LogP contribution in [0.1, 0.15) is 30.9 Å². The molecule has 0 aliphatic rings. The number of hydrogen-bond donors (Lipinski definition) is 2. The molecule has 9 nitrogen and oxygen atoms in total. The summed E-state index contributed by atoms with van der Waals surface area (Å²) in [6.07, 6.45) is 5.35. The number of aryl methyl sites for hydroxylation is 1. The Bertz CT molecular complexity index is 1510. The molecule has 0 saturated heterocycles. The zero-order chi connectivity index (χ0) is 22.2. The largest absolute Gasteiger partial charge is 0.358 e. The van der Waals surface area contributed by atoms with Gasteiger partial charge in [-0.2, -0.15) is 0 Å². The second kappa shape index (κ2) is 8.01. The molecule has 0 bridgehead atoms. The molecule has 0 amide bonds. The van der Waals surface area contributed by atoms with Gasteiger partial charge < -0.3 is 10.3 Å². The van der Waals surface area contributed by atoms with Gasteiger partial charge in [-0.25, -0.2) is 19.9 Å². The molecular formula is C22H19ClN8O. The lowest BCUT2D eigenvalue weighted by Gasteiger charge is -2.22. The van der Waals surface area contributed by atoms with Gasteiger partial charge in [0.1, 0.15) is 17.7 Å². The van der Waals surface area contributed by atoms with Crippen molar-refractivity contribution in [1.82, 2.24) is 34.5 Å². The van der Waals surface area contributed by atoms with Gasteiger partial charge in [0.25, 0.3) is 5.56 Å². The van der Waals surface area contributed by atoms with Crippen molar-refractivity contribution >= 4 is 39.5 Å². The van der Waals surface area contributed by atoms with Crippen LogP contribution in [0.4, 0.5) is 5.82 Å². The second-order valence-corrected chi connectivity index (χ2v) is 7.69. The smallest absolute Gasteiger partial charge is 0.267 e. The maximum atomic E-state index is 13.7. The Balaban J connectivity index is 1.76. The normalized spacial score (nSPS) is 12.3. The SMILES string of the molecule is CC[C@H](Nc1ncnc2[nH]cnc12)c1nc2cccc(Cl)c2c(=O)n1-c1cccnc1C. The lowest BCUT2D eigenvalue weighted by molar-refractivity contribution is 0.657. The number of aromatic amines is 1. The molecule has 4 aromatic heterocycles. The van der Waals surface area contributed by atoms with Gasteiger partial charge in [0.15, 0.2) is 11.5 Å². The van der Waals surface area contributed by atoms with Gasteiger partial charge in [0.2, 0.25) is 0 Å². The Hall–Kier alpha value is -3.85. The summed E-state index contributed by atoms with van der Waals surface area (Å²) in [5.41, 5.74) is 2.87. The number of H-pyrrole nitrogens is 1. The maximum absolute atomic E-state index is 13.7. The van der Waals surface area contributed by atoms with Crippen LogP contribution in [-0.2, 0) is 0 Å². The highest BCUT2D eigenvalue weighted by Crippen LogP contribution is 2.28. The van der Waals surface area contributed by atoms with Crippen LogP contribution in [0.15, 0.2) is 54.0 Å². The predicted octanol–water partition coefficient (Wildman–Crippen LogP) is 3.97. The number of halogens is 1. The second-order valence-electron chi connectivity index (χ2n) is 7.28. The first kappa shape index (κ1) is 20.1. The molecule has 4 heterocycles. The van der Waals surface area contributed by atoms with E-state index in [9.17, 15) is 4.79 Å². The molecule has 160 valence electrons. The van der Waals surface area contributed by atoms with E-state index in [1.807, 2.05) is 19.9 Å². The third-order valence-corrected chi connectivity index (χ3v) is 5.66. The number of nitrogens with zero attached hydrogens (tertiary/aromatic N) is 6. The van der Waals surface area contributed by atoms with Crippen LogP contribution >= 0.6 is 11.6 Å². The molecule has 10 heteroatoms. The molecule has 5 aromatic rings. The number of nitrogens with one attached hydrogen (secondary N) is 2. The standard InChI is InChI=1S/C22H19ClN8O/c1-3-14(29-20-18-19(26-10-25-18)27-11-28-20)21-30-15-7-4-6-13(23)17(15)22(32)31(21)16-8-5-9-24-12(16)2/h4-11,14H,3H2,1-2H3,(H2,25,26,27,28,29)/t14-/m0/s1. The Kier molecular flexibility index (Phi) is 5.02. The fourth-order valence-corrected chi connectivity index (χ4v) is 4.02. The molecule has 1 atom stereocenters. The van der Waals surface area contributed by atoms with Crippen molar-refractivity contribution in [2.75, 3.05) is 5.32 Å². The molecule has 0 saturated carbocycles. The molecule has 0 fully saturated rings. The topological polar surface area (TPSA) is 114 Å². The number of benzene rings is 1. The van der Waals surface area contributed by atoms with E-state index in [1.165, 1.54) is 6.33 Å². The summed E-state index contributed by atoms with van der Waals surface area (Å²) in [7, 11) is 0. The summed E-state index contributed by atoms with van der Waals surface area (Å²) < 4.78 is 1.58. The Morgan fingerprint density at radius 2 is 2.03 bits per heavy atom. The first-order valence-electron chi connectivity index (χ1n) is 10.1. The minimum absolute atomic E-state index is 0.250. The number of fused-ring (bicyclic) bond motifs is 2. The van der Waals surface area contributed by atoms with Crippen LogP contribution in [0.5, 0.6) is 0 Å². The number of aromatic nitrogens is 7. The van der Waals surface area contributed by atoms with E-state index in [-0.39, 0.29) is 11.6 Å². The van der Waals surface area contributed by atoms with Crippen LogP contribution in [0, 0.1) is 6.92 Å². The van der Waals surface area contributed by atoms with E-state index in [1.54, 1.807) is 41.4 Å². The minimum Gasteiger partial charge on any atom is -0.358 e. The zero-order valence-corrected chi connectivity index (χ0v) is 18.1. The van der Waals surface area contributed by atoms with Gasteiger partial charge in [-0.1, -0.05) is 24.6 Å². The van der Waals surface area contributed by atoms with E-state index < -0.39 is 0 Å². The van der Waals surface area contributed by atoms with Crippen LogP contribution in [0.25, 0.3) is 27.8 Å². The van der Waals surface area contributed by atoms with Crippen molar-refractivity contribution in [3.63, 3.8) is 0 Å². The summed E-state index contributed by atoms with van der Waals surface area (Å²) >= 11 is 6.40. The molecule has 0 aliphatic heterocycles. The van der Waals surface area contributed by atoms with Gasteiger partial charge in [0, 0.05) is 6.20 Å². The molecule has 1 aromatic carbocycles. The highest BCUT2D eigenvalue weighted by molar-refractivity contribution is 6.35. The van der Waals surface area contributed by atoms with E-state index >= 15 is 0 Å². The van der Waals surface area contributed by atoms with E-state index in [2.05, 4.69) is 30.2 Å². The Labute approximate surface area is 187 Å². The van der Waals surface area contributed by atoms with Crippen molar-refractivity contribution in [3.05, 3.63) is 76.1 Å². The number of rotatable bonds is 5. The highest BCUT2D eigenvalue weighted by atomic mass is 35.5. The first-order chi connectivity index (χ1) is 15.6. The van der Waals surface area contributed by atoms with Crippen molar-refractivity contribution in [2.24, 2.45) is 0 Å². The lowest BCUT2D eigenvalue weighted by Crippen LogP contribution is -2.29.